The average molecular weight is 450 g/mol. The molecule has 8 heteroatoms. The second-order valence-corrected chi connectivity index (χ2v) is 7.37. The van der Waals surface area contributed by atoms with E-state index in [-0.39, 0.29) is 34.0 Å². The van der Waals surface area contributed by atoms with Crippen LogP contribution in [0.5, 0.6) is 5.75 Å². The zero-order valence-corrected chi connectivity index (χ0v) is 17.6. The molecule has 3 aromatic rings. The number of anilines is 1. The van der Waals surface area contributed by atoms with Gasteiger partial charge in [-0.15, -0.1) is 0 Å². The maximum absolute atomic E-state index is 12.8. The number of ketones is 2. The van der Waals surface area contributed by atoms with Gasteiger partial charge in [0.15, 0.2) is 18.2 Å². The molecule has 0 unspecified atom stereocenters. The first-order chi connectivity index (χ1) is 15.4. The molecule has 1 aliphatic carbocycles. The third kappa shape index (κ3) is 3.98. The van der Waals surface area contributed by atoms with Crippen LogP contribution in [0.3, 0.4) is 0 Å². The normalized spacial score (nSPS) is 11.9. The van der Waals surface area contributed by atoms with E-state index in [0.29, 0.717) is 21.8 Å². The zero-order chi connectivity index (χ0) is 22.8. The van der Waals surface area contributed by atoms with Gasteiger partial charge in [-0.05, 0) is 36.4 Å². The van der Waals surface area contributed by atoms with Gasteiger partial charge in [-0.25, -0.2) is 4.79 Å². The number of nitrogens with one attached hydrogen (secondary N) is 1. The van der Waals surface area contributed by atoms with Crippen LogP contribution in [0.1, 0.15) is 42.2 Å². The molecule has 0 heterocycles. The molecule has 0 aromatic heterocycles. The summed E-state index contributed by atoms with van der Waals surface area (Å²) in [5, 5.41) is 2.88. The molecule has 1 amide bonds. The topological polar surface area (TPSA) is 98.8 Å². The highest BCUT2D eigenvalue weighted by Crippen LogP contribution is 2.29. The van der Waals surface area contributed by atoms with E-state index >= 15 is 0 Å². The van der Waals surface area contributed by atoms with E-state index in [1.54, 1.807) is 30.3 Å². The number of hydrogen-bond acceptors (Lipinski definition) is 6. The Labute approximate surface area is 187 Å². The molecule has 0 spiro atoms. The highest BCUT2D eigenvalue weighted by molar-refractivity contribution is 6.31. The van der Waals surface area contributed by atoms with Gasteiger partial charge >= 0.3 is 5.97 Å². The first-order valence-electron chi connectivity index (χ1n) is 9.52. The van der Waals surface area contributed by atoms with Crippen LogP contribution in [0.2, 0.25) is 5.02 Å². The van der Waals surface area contributed by atoms with Crippen LogP contribution in [0.15, 0.2) is 60.7 Å². The fraction of sp³-hybridized carbons (Fsp3) is 0.0833. The Hall–Kier alpha value is -3.97. The van der Waals surface area contributed by atoms with Gasteiger partial charge in [-0.3, -0.25) is 14.4 Å². The lowest BCUT2D eigenvalue weighted by atomic mass is 9.84. The molecule has 3 aromatic carbocycles. The Kier molecular flexibility index (Phi) is 5.75. The molecule has 7 nitrogen and oxygen atoms in total. The smallest absolute Gasteiger partial charge is 0.342 e. The van der Waals surface area contributed by atoms with Gasteiger partial charge in [0.2, 0.25) is 0 Å². The largest absolute Gasteiger partial charge is 0.496 e. The number of methoxy groups -OCH3 is 1. The van der Waals surface area contributed by atoms with Crippen molar-refractivity contribution in [2.75, 3.05) is 19.0 Å². The summed E-state index contributed by atoms with van der Waals surface area (Å²) in [5.41, 5.74) is 1.52. The minimum absolute atomic E-state index is 0.0874. The summed E-state index contributed by atoms with van der Waals surface area (Å²) in [6, 6.07) is 15.5. The highest BCUT2D eigenvalue weighted by Gasteiger charge is 2.29. The maximum Gasteiger partial charge on any atom is 0.342 e. The van der Waals surface area contributed by atoms with Gasteiger partial charge < -0.3 is 14.8 Å². The molecule has 0 saturated carbocycles. The number of carbonyl (C=O) groups excluding carboxylic acids is 4. The Morgan fingerprint density at radius 3 is 2.22 bits per heavy atom. The molecular weight excluding hydrogens is 434 g/mol. The summed E-state index contributed by atoms with van der Waals surface area (Å²) >= 11 is 5.91. The Bertz CT molecular complexity index is 1280. The molecule has 0 saturated heterocycles. The Morgan fingerprint density at radius 1 is 0.875 bits per heavy atom. The van der Waals surface area contributed by atoms with E-state index in [9.17, 15) is 19.2 Å². The number of amides is 1. The van der Waals surface area contributed by atoms with Crippen molar-refractivity contribution in [3.05, 3.63) is 93.5 Å². The van der Waals surface area contributed by atoms with Crippen LogP contribution < -0.4 is 10.1 Å². The Morgan fingerprint density at radius 2 is 1.53 bits per heavy atom. The minimum Gasteiger partial charge on any atom is -0.496 e. The van der Waals surface area contributed by atoms with Crippen LogP contribution in [-0.2, 0) is 9.53 Å². The van der Waals surface area contributed by atoms with Gasteiger partial charge in [-0.2, -0.15) is 0 Å². The molecule has 0 bridgehead atoms. The minimum atomic E-state index is -0.776. The molecule has 0 fully saturated rings. The molecule has 0 atom stereocenters. The average Bonchev–Trinajstić information content (AvgIpc) is 2.81. The third-order valence-electron chi connectivity index (χ3n) is 4.92. The number of halogens is 1. The van der Waals surface area contributed by atoms with Crippen LogP contribution in [-0.4, -0.2) is 37.2 Å². The molecule has 4 rings (SSSR count). The number of carbonyl (C=O) groups is 4. The summed E-state index contributed by atoms with van der Waals surface area (Å²) in [4.78, 5) is 50.0. The van der Waals surface area contributed by atoms with Gasteiger partial charge in [0.25, 0.3) is 5.91 Å². The van der Waals surface area contributed by atoms with Crippen molar-refractivity contribution in [3.8, 4) is 5.75 Å². The fourth-order valence-corrected chi connectivity index (χ4v) is 3.59. The van der Waals surface area contributed by atoms with E-state index in [2.05, 4.69) is 5.32 Å². The number of ether oxygens (including phenoxy) is 2. The van der Waals surface area contributed by atoms with Crippen molar-refractivity contribution in [2.24, 2.45) is 0 Å². The highest BCUT2D eigenvalue weighted by atomic mass is 35.5. The van der Waals surface area contributed by atoms with E-state index in [4.69, 9.17) is 21.1 Å². The monoisotopic (exact) mass is 449 g/mol. The lowest BCUT2D eigenvalue weighted by Crippen LogP contribution is -2.23. The predicted octanol–water partition coefficient (Wildman–Crippen LogP) is 3.92. The second kappa shape index (κ2) is 8.64. The predicted molar refractivity (Wildman–Crippen MR) is 117 cm³/mol. The number of fused-ring (bicyclic) bond motifs is 2. The van der Waals surface area contributed by atoms with Gasteiger partial charge in [0, 0.05) is 33.0 Å². The number of benzene rings is 3. The Balaban J connectivity index is 1.46. The quantitative estimate of drug-likeness (QED) is 0.464. The van der Waals surface area contributed by atoms with Crippen molar-refractivity contribution in [1.82, 2.24) is 0 Å². The number of hydrogen-bond donors (Lipinski definition) is 1. The van der Waals surface area contributed by atoms with Crippen molar-refractivity contribution < 1.29 is 28.7 Å². The SMILES string of the molecule is COc1ccc(Cl)cc1C(=O)OCC(=O)Nc1ccc2c(c1)C(=O)c1ccccc1C2=O. The zero-order valence-electron chi connectivity index (χ0n) is 16.8. The molecule has 32 heavy (non-hydrogen) atoms. The molecule has 0 aliphatic heterocycles. The summed E-state index contributed by atoms with van der Waals surface area (Å²) in [5.74, 6) is -1.68. The van der Waals surface area contributed by atoms with E-state index in [1.807, 2.05) is 0 Å². The summed E-state index contributed by atoms with van der Waals surface area (Å²) < 4.78 is 10.1. The van der Waals surface area contributed by atoms with Crippen molar-refractivity contribution in [1.29, 1.82) is 0 Å². The van der Waals surface area contributed by atoms with E-state index < -0.39 is 18.5 Å². The summed E-state index contributed by atoms with van der Waals surface area (Å²) in [6.45, 7) is -0.568. The molecule has 1 aliphatic rings. The maximum atomic E-state index is 12.8. The van der Waals surface area contributed by atoms with E-state index in [1.165, 1.54) is 37.4 Å². The van der Waals surface area contributed by atoms with Crippen LogP contribution in [0, 0.1) is 0 Å². The van der Waals surface area contributed by atoms with Gasteiger partial charge in [0.1, 0.15) is 11.3 Å². The van der Waals surface area contributed by atoms with Crippen LogP contribution in [0.4, 0.5) is 5.69 Å². The van der Waals surface area contributed by atoms with E-state index in [0.717, 1.165) is 0 Å². The molecular formula is C24H16ClNO6. The lowest BCUT2D eigenvalue weighted by Gasteiger charge is -2.18. The second-order valence-electron chi connectivity index (χ2n) is 6.93. The van der Waals surface area contributed by atoms with Crippen LogP contribution in [0.25, 0.3) is 0 Å². The first-order valence-corrected chi connectivity index (χ1v) is 9.90. The van der Waals surface area contributed by atoms with Crippen molar-refractivity contribution in [2.45, 2.75) is 0 Å². The lowest BCUT2D eigenvalue weighted by molar-refractivity contribution is -0.119. The fourth-order valence-electron chi connectivity index (χ4n) is 3.42. The molecule has 160 valence electrons. The number of esters is 1. The molecule has 1 N–H and O–H groups in total. The standard InChI is InChI=1S/C24H16ClNO6/c1-31-20-9-6-13(25)10-19(20)24(30)32-12-21(27)26-14-7-8-17-18(11-14)23(29)16-5-3-2-4-15(16)22(17)28/h2-11H,12H2,1H3,(H,26,27). The first kappa shape index (κ1) is 21.3. The molecule has 0 radical (unpaired) electrons. The summed E-state index contributed by atoms with van der Waals surface area (Å²) in [6.07, 6.45) is 0. The van der Waals surface area contributed by atoms with Crippen molar-refractivity contribution in [3.63, 3.8) is 0 Å². The van der Waals surface area contributed by atoms with Crippen LogP contribution >= 0.6 is 11.6 Å². The van der Waals surface area contributed by atoms with Gasteiger partial charge in [0.05, 0.1) is 7.11 Å². The van der Waals surface area contributed by atoms with Crippen molar-refractivity contribution >= 4 is 40.7 Å². The van der Waals surface area contributed by atoms with Gasteiger partial charge in [-0.1, -0.05) is 35.9 Å². The number of rotatable bonds is 5. The summed E-state index contributed by atoms with van der Waals surface area (Å²) in [7, 11) is 1.40. The third-order valence-corrected chi connectivity index (χ3v) is 5.16.